The molecular weight excluding hydrogens is 234 g/mol. The Morgan fingerprint density at radius 1 is 1.32 bits per heavy atom. The molecule has 0 spiro atoms. The van der Waals surface area contributed by atoms with Gasteiger partial charge in [-0.3, -0.25) is 4.90 Å². The molecule has 4 unspecified atom stereocenters. The van der Waals surface area contributed by atoms with Crippen molar-refractivity contribution in [1.82, 2.24) is 4.90 Å². The maximum Gasteiger partial charge on any atom is 0.0584 e. The van der Waals surface area contributed by atoms with Crippen LogP contribution in [-0.2, 0) is 0 Å². The van der Waals surface area contributed by atoms with Crippen LogP contribution in [0, 0.1) is 17.8 Å². The third kappa shape index (κ3) is 3.22. The molecular formula is C17H31NO. The average Bonchev–Trinajstić information content (AvgIpc) is 2.42. The highest BCUT2D eigenvalue weighted by Crippen LogP contribution is 2.36. The fraction of sp³-hybridized carbons (Fsp3) is 0.882. The fourth-order valence-corrected chi connectivity index (χ4v) is 4.13. The van der Waals surface area contributed by atoms with Crippen LogP contribution in [0.25, 0.3) is 0 Å². The van der Waals surface area contributed by atoms with Gasteiger partial charge in [-0.2, -0.15) is 0 Å². The Hall–Kier alpha value is -0.340. The zero-order chi connectivity index (χ0) is 14.2. The summed E-state index contributed by atoms with van der Waals surface area (Å²) >= 11 is 0. The van der Waals surface area contributed by atoms with E-state index < -0.39 is 0 Å². The molecule has 110 valence electrons. The van der Waals surface area contributed by atoms with Crippen LogP contribution in [0.1, 0.15) is 53.9 Å². The summed E-state index contributed by atoms with van der Waals surface area (Å²) in [5, 5.41) is 10.5. The molecule has 1 fully saturated rings. The van der Waals surface area contributed by atoms with Crippen LogP contribution in [0.15, 0.2) is 11.1 Å². The Bertz CT molecular complexity index is 347. The molecule has 2 aliphatic rings. The summed E-state index contributed by atoms with van der Waals surface area (Å²) in [7, 11) is 0. The Morgan fingerprint density at radius 3 is 2.63 bits per heavy atom. The molecule has 0 aliphatic carbocycles. The van der Waals surface area contributed by atoms with Crippen LogP contribution < -0.4 is 0 Å². The van der Waals surface area contributed by atoms with E-state index in [-0.39, 0.29) is 6.10 Å². The Labute approximate surface area is 118 Å². The largest absolute Gasteiger partial charge is 0.393 e. The number of fused-ring (bicyclic) bond motifs is 1. The minimum Gasteiger partial charge on any atom is -0.393 e. The standard InChI is InChI=1S/C17H31NO/c1-11(2)8-15-10-18-7-6-12(3)14(5)17(18)13(4)9-16(15)19/h11,13,15-17,19H,6-10H2,1-5H3. The summed E-state index contributed by atoms with van der Waals surface area (Å²) in [6, 6.07) is 0.570. The molecule has 4 atom stereocenters. The maximum atomic E-state index is 10.5. The Morgan fingerprint density at radius 2 is 2.00 bits per heavy atom. The van der Waals surface area contributed by atoms with E-state index in [2.05, 4.69) is 39.5 Å². The molecule has 0 aromatic rings. The van der Waals surface area contributed by atoms with E-state index in [0.717, 1.165) is 19.4 Å². The van der Waals surface area contributed by atoms with E-state index in [1.54, 1.807) is 11.1 Å². The van der Waals surface area contributed by atoms with Gasteiger partial charge < -0.3 is 5.11 Å². The third-order valence-electron chi connectivity index (χ3n) is 5.22. The molecule has 1 N–H and O–H groups in total. The molecule has 0 bridgehead atoms. The normalized spacial score (nSPS) is 37.4. The third-order valence-corrected chi connectivity index (χ3v) is 5.22. The van der Waals surface area contributed by atoms with Gasteiger partial charge in [0.2, 0.25) is 0 Å². The van der Waals surface area contributed by atoms with Crippen molar-refractivity contribution < 1.29 is 5.11 Å². The van der Waals surface area contributed by atoms with Crippen molar-refractivity contribution in [1.29, 1.82) is 0 Å². The Balaban J connectivity index is 2.20. The number of hydrogen-bond donors (Lipinski definition) is 1. The molecule has 0 amide bonds. The van der Waals surface area contributed by atoms with E-state index in [1.807, 2.05) is 0 Å². The molecule has 1 saturated heterocycles. The van der Waals surface area contributed by atoms with Gasteiger partial charge in [-0.05, 0) is 50.9 Å². The summed E-state index contributed by atoms with van der Waals surface area (Å²) in [6.45, 7) is 13.7. The molecule has 2 heterocycles. The molecule has 0 saturated carbocycles. The van der Waals surface area contributed by atoms with E-state index in [9.17, 15) is 5.11 Å². The molecule has 2 aliphatic heterocycles. The average molecular weight is 265 g/mol. The first-order valence-electron chi connectivity index (χ1n) is 7.98. The highest BCUT2D eigenvalue weighted by molar-refractivity contribution is 5.21. The molecule has 2 rings (SSSR count). The number of aliphatic hydroxyl groups excluding tert-OH is 1. The number of rotatable bonds is 2. The van der Waals surface area contributed by atoms with Gasteiger partial charge in [0.15, 0.2) is 0 Å². The quantitative estimate of drug-likeness (QED) is 0.773. The lowest BCUT2D eigenvalue weighted by atomic mass is 9.84. The summed E-state index contributed by atoms with van der Waals surface area (Å²) in [5.41, 5.74) is 3.14. The van der Waals surface area contributed by atoms with E-state index in [4.69, 9.17) is 0 Å². The molecule has 0 aromatic carbocycles. The first-order valence-corrected chi connectivity index (χ1v) is 7.98. The molecule has 19 heavy (non-hydrogen) atoms. The van der Waals surface area contributed by atoms with Crippen LogP contribution >= 0.6 is 0 Å². The number of nitrogens with zero attached hydrogens (tertiary/aromatic N) is 1. The number of hydrogen-bond acceptors (Lipinski definition) is 2. The smallest absolute Gasteiger partial charge is 0.0584 e. The molecule has 2 heteroatoms. The predicted octanol–water partition coefficient (Wildman–Crippen LogP) is 3.46. The van der Waals surface area contributed by atoms with Crippen molar-refractivity contribution in [2.45, 2.75) is 66.0 Å². The van der Waals surface area contributed by atoms with Crippen LogP contribution in [-0.4, -0.2) is 35.2 Å². The second-order valence-corrected chi connectivity index (χ2v) is 7.32. The second-order valence-electron chi connectivity index (χ2n) is 7.32. The van der Waals surface area contributed by atoms with Crippen LogP contribution in [0.3, 0.4) is 0 Å². The van der Waals surface area contributed by atoms with Crippen molar-refractivity contribution in [2.24, 2.45) is 17.8 Å². The highest BCUT2D eigenvalue weighted by atomic mass is 16.3. The van der Waals surface area contributed by atoms with Gasteiger partial charge in [0, 0.05) is 19.1 Å². The summed E-state index contributed by atoms with van der Waals surface area (Å²) in [5.74, 6) is 1.70. The van der Waals surface area contributed by atoms with Crippen molar-refractivity contribution >= 4 is 0 Å². The Kier molecular flexibility index (Phi) is 4.73. The first kappa shape index (κ1) is 15.1. The van der Waals surface area contributed by atoms with Gasteiger partial charge in [0.05, 0.1) is 6.10 Å². The van der Waals surface area contributed by atoms with Gasteiger partial charge >= 0.3 is 0 Å². The van der Waals surface area contributed by atoms with Gasteiger partial charge in [-0.25, -0.2) is 0 Å². The molecule has 0 aromatic heterocycles. The topological polar surface area (TPSA) is 23.5 Å². The summed E-state index contributed by atoms with van der Waals surface area (Å²) < 4.78 is 0. The zero-order valence-corrected chi connectivity index (χ0v) is 13.3. The van der Waals surface area contributed by atoms with Crippen molar-refractivity contribution in [3.63, 3.8) is 0 Å². The van der Waals surface area contributed by atoms with E-state index in [0.29, 0.717) is 23.8 Å². The van der Waals surface area contributed by atoms with Crippen LogP contribution in [0.4, 0.5) is 0 Å². The summed E-state index contributed by atoms with van der Waals surface area (Å²) in [4.78, 5) is 2.65. The minimum absolute atomic E-state index is 0.115. The van der Waals surface area contributed by atoms with Crippen LogP contribution in [0.2, 0.25) is 0 Å². The predicted molar refractivity (Wildman–Crippen MR) is 81.1 cm³/mol. The highest BCUT2D eigenvalue weighted by Gasteiger charge is 2.38. The lowest BCUT2D eigenvalue weighted by molar-refractivity contribution is 0.0773. The summed E-state index contributed by atoms with van der Waals surface area (Å²) in [6.07, 6.45) is 3.21. The molecule has 0 radical (unpaired) electrons. The lowest BCUT2D eigenvalue weighted by Gasteiger charge is -2.40. The van der Waals surface area contributed by atoms with E-state index in [1.165, 1.54) is 13.0 Å². The van der Waals surface area contributed by atoms with Crippen molar-refractivity contribution in [2.75, 3.05) is 13.1 Å². The van der Waals surface area contributed by atoms with Gasteiger partial charge in [-0.15, -0.1) is 0 Å². The number of aliphatic hydroxyl groups is 1. The van der Waals surface area contributed by atoms with Gasteiger partial charge in [0.25, 0.3) is 0 Å². The van der Waals surface area contributed by atoms with E-state index >= 15 is 0 Å². The van der Waals surface area contributed by atoms with Crippen molar-refractivity contribution in [3.05, 3.63) is 11.1 Å². The van der Waals surface area contributed by atoms with Gasteiger partial charge in [0.1, 0.15) is 0 Å². The monoisotopic (exact) mass is 265 g/mol. The maximum absolute atomic E-state index is 10.5. The lowest BCUT2D eigenvalue weighted by Crippen LogP contribution is -2.44. The minimum atomic E-state index is -0.115. The van der Waals surface area contributed by atoms with Gasteiger partial charge in [-0.1, -0.05) is 31.9 Å². The fourth-order valence-electron chi connectivity index (χ4n) is 4.13. The molecule has 2 nitrogen and oxygen atoms in total. The SMILES string of the molecule is CC1=C(C)C2C(C)CC(O)C(CC(C)C)CN2CC1. The zero-order valence-electron chi connectivity index (χ0n) is 13.3. The second kappa shape index (κ2) is 5.97. The van der Waals surface area contributed by atoms with Crippen molar-refractivity contribution in [3.8, 4) is 0 Å². The van der Waals surface area contributed by atoms with Crippen LogP contribution in [0.5, 0.6) is 0 Å². The first-order chi connectivity index (χ1) is 8.90.